The summed E-state index contributed by atoms with van der Waals surface area (Å²) in [4.78, 5) is 43.9. The van der Waals surface area contributed by atoms with E-state index in [1.165, 1.54) is 0 Å². The van der Waals surface area contributed by atoms with Crippen molar-refractivity contribution in [3.05, 3.63) is 83.9 Å². The van der Waals surface area contributed by atoms with E-state index in [1.807, 2.05) is 86.8 Å². The second-order valence-corrected chi connectivity index (χ2v) is 20.6. The van der Waals surface area contributed by atoms with Gasteiger partial charge in [0, 0.05) is 24.2 Å². The van der Waals surface area contributed by atoms with Gasteiger partial charge in [-0.15, -0.1) is 0 Å². The maximum atomic E-state index is 14.7. The van der Waals surface area contributed by atoms with Crippen LogP contribution in [0.1, 0.15) is 129 Å². The summed E-state index contributed by atoms with van der Waals surface area (Å²) < 4.78 is 60.1. The van der Waals surface area contributed by atoms with Crippen molar-refractivity contribution in [3.63, 3.8) is 0 Å². The van der Waals surface area contributed by atoms with Gasteiger partial charge in [-0.05, 0) is 110 Å². The highest BCUT2D eigenvalue weighted by atomic mass is 16.7. The number of benzene rings is 2. The van der Waals surface area contributed by atoms with Gasteiger partial charge in [-0.2, -0.15) is 0 Å². The molecule has 13 heteroatoms. The molecule has 2 bridgehead atoms. The minimum atomic E-state index is -0.970. The molecule has 4 fully saturated rings. The molecule has 4 saturated heterocycles. The van der Waals surface area contributed by atoms with Gasteiger partial charge in [0.1, 0.15) is 12.2 Å². The molecular weight excluding hydrogens is 855 g/mol. The third-order valence-corrected chi connectivity index (χ3v) is 14.7. The van der Waals surface area contributed by atoms with Crippen LogP contribution in [0.5, 0.6) is 0 Å². The van der Waals surface area contributed by atoms with E-state index < -0.39 is 90.8 Å². The van der Waals surface area contributed by atoms with Crippen molar-refractivity contribution in [3.8, 4) is 0 Å². The third kappa shape index (κ3) is 12.6. The van der Waals surface area contributed by atoms with E-state index in [-0.39, 0.29) is 41.9 Å². The fraction of sp³-hybridized carbons (Fsp3) is 0.685. The van der Waals surface area contributed by atoms with Gasteiger partial charge in [-0.25, -0.2) is 9.59 Å². The van der Waals surface area contributed by atoms with Crippen LogP contribution in [0, 0.1) is 35.5 Å². The van der Waals surface area contributed by atoms with Gasteiger partial charge >= 0.3 is 17.9 Å². The molecule has 372 valence electrons. The molecule has 4 heterocycles. The molecule has 0 spiro atoms. The predicted molar refractivity (Wildman–Crippen MR) is 254 cm³/mol. The van der Waals surface area contributed by atoms with E-state index in [9.17, 15) is 14.4 Å². The number of hydrogen-bond acceptors (Lipinski definition) is 13. The smallest absolute Gasteiger partial charge is 0.338 e. The summed E-state index contributed by atoms with van der Waals surface area (Å²) >= 11 is 0. The Morgan fingerprint density at radius 1 is 0.716 bits per heavy atom. The minimum absolute atomic E-state index is 0.0189. The molecule has 13 nitrogen and oxygen atoms in total. The average molecular weight is 934 g/mol. The van der Waals surface area contributed by atoms with Crippen LogP contribution in [0.3, 0.4) is 0 Å². The molecule has 0 saturated carbocycles. The zero-order valence-electron chi connectivity index (χ0n) is 42.3. The zero-order chi connectivity index (χ0) is 48.9. The number of likely N-dealkylation sites (N-methyl/N-ethyl adjacent to an activating group) is 1. The Morgan fingerprint density at radius 3 is 1.87 bits per heavy atom. The van der Waals surface area contributed by atoms with Crippen LogP contribution in [0.4, 0.5) is 0 Å². The number of fused-ring (bicyclic) bond motifs is 2. The molecule has 2 aromatic carbocycles. The van der Waals surface area contributed by atoms with Gasteiger partial charge in [0.25, 0.3) is 0 Å². The Morgan fingerprint density at radius 2 is 1.31 bits per heavy atom. The zero-order valence-corrected chi connectivity index (χ0v) is 42.3. The van der Waals surface area contributed by atoms with Gasteiger partial charge in [0.05, 0.1) is 59.7 Å². The number of carbonyl (C=O) groups excluding carboxylic acids is 3. The summed E-state index contributed by atoms with van der Waals surface area (Å²) in [6.45, 7) is 26.6. The molecule has 18 atom stereocenters. The molecule has 0 aromatic heterocycles. The third-order valence-electron chi connectivity index (χ3n) is 14.7. The monoisotopic (exact) mass is 934 g/mol. The summed E-state index contributed by atoms with van der Waals surface area (Å²) in [5.41, 5.74) is 1.59. The first-order valence-corrected chi connectivity index (χ1v) is 24.8. The molecule has 0 N–H and O–H groups in total. The second-order valence-electron chi connectivity index (χ2n) is 20.6. The van der Waals surface area contributed by atoms with Crippen LogP contribution in [0.15, 0.2) is 72.8 Å². The van der Waals surface area contributed by atoms with Gasteiger partial charge in [0.15, 0.2) is 24.5 Å². The molecule has 4 aliphatic rings. The van der Waals surface area contributed by atoms with Crippen molar-refractivity contribution in [2.45, 2.75) is 188 Å². The number of esters is 3. The molecule has 2 aromatic rings. The van der Waals surface area contributed by atoms with Gasteiger partial charge in [-0.3, -0.25) is 4.79 Å². The van der Waals surface area contributed by atoms with E-state index in [0.717, 1.165) is 0 Å². The molecule has 0 amide bonds. The van der Waals surface area contributed by atoms with E-state index >= 15 is 0 Å². The summed E-state index contributed by atoms with van der Waals surface area (Å²) in [5.74, 6) is -3.91. The van der Waals surface area contributed by atoms with Crippen molar-refractivity contribution in [2.75, 3.05) is 14.1 Å². The van der Waals surface area contributed by atoms with Gasteiger partial charge in [-0.1, -0.05) is 90.9 Å². The van der Waals surface area contributed by atoms with Crippen LogP contribution in [-0.4, -0.2) is 116 Å². The first-order chi connectivity index (χ1) is 31.7. The molecule has 67 heavy (non-hydrogen) atoms. The number of carbonyl (C=O) groups is 3. The Hall–Kier alpha value is -3.69. The van der Waals surface area contributed by atoms with Crippen LogP contribution in [-0.2, 0) is 47.4 Å². The number of hydrogen-bond donors (Lipinski definition) is 0. The van der Waals surface area contributed by atoms with Crippen molar-refractivity contribution in [1.29, 1.82) is 0 Å². The minimum Gasteiger partial charge on any atom is -0.457 e. The van der Waals surface area contributed by atoms with Crippen molar-refractivity contribution in [2.24, 2.45) is 35.5 Å². The molecule has 0 radical (unpaired) electrons. The lowest BCUT2D eigenvalue weighted by Gasteiger charge is -2.50. The fourth-order valence-corrected chi connectivity index (χ4v) is 11.0. The number of nitrogens with zero attached hydrogens (tertiary/aromatic N) is 1. The van der Waals surface area contributed by atoms with E-state index in [1.54, 1.807) is 36.4 Å². The van der Waals surface area contributed by atoms with Crippen LogP contribution in [0.2, 0.25) is 0 Å². The SMILES string of the molecule is C=C1C(CC)OC(=O)C(C)C(O[C@H]2CC(C)[C@@H](OC(=O)c3ccccc3)C(C)O2)C(C)[C@@H](OC2OC(C)CC(N(C)C)[C@H]2OC(=O)c2ccccc2)C(CC)C[C@@H](C)[C@@H]2OC(C)(C)O[C@@H]1[C@H]2C. The molecule has 0 aliphatic carbocycles. The summed E-state index contributed by atoms with van der Waals surface area (Å²) in [6, 6.07) is 17.6. The molecule has 6 rings (SSSR count). The van der Waals surface area contributed by atoms with Gasteiger partial charge < -0.3 is 47.5 Å². The lowest BCUT2D eigenvalue weighted by Crippen LogP contribution is -2.58. The van der Waals surface area contributed by atoms with E-state index in [0.29, 0.717) is 48.8 Å². The first kappa shape index (κ1) is 52.7. The topological polar surface area (TPSA) is 138 Å². The Bertz CT molecular complexity index is 1930. The first-order valence-electron chi connectivity index (χ1n) is 24.8. The Kier molecular flexibility index (Phi) is 17.9. The molecule has 4 aliphatic heterocycles. The average Bonchev–Trinajstić information content (AvgIpc) is 3.30. The van der Waals surface area contributed by atoms with Crippen molar-refractivity contribution < 1.29 is 57.0 Å². The predicted octanol–water partition coefficient (Wildman–Crippen LogP) is 9.42. The van der Waals surface area contributed by atoms with E-state index in [2.05, 4.69) is 39.2 Å². The van der Waals surface area contributed by atoms with Crippen LogP contribution >= 0.6 is 0 Å². The van der Waals surface area contributed by atoms with Gasteiger partial charge in [0.2, 0.25) is 0 Å². The Labute approximate surface area is 399 Å². The maximum absolute atomic E-state index is 14.7. The number of rotatable bonds is 11. The highest BCUT2D eigenvalue weighted by Crippen LogP contribution is 2.44. The molecular formula is C54H79NO12. The largest absolute Gasteiger partial charge is 0.457 e. The lowest BCUT2D eigenvalue weighted by molar-refractivity contribution is -0.323. The maximum Gasteiger partial charge on any atom is 0.338 e. The van der Waals surface area contributed by atoms with Crippen LogP contribution < -0.4 is 0 Å². The highest BCUT2D eigenvalue weighted by Gasteiger charge is 2.51. The Balaban J connectivity index is 1.39. The lowest BCUT2D eigenvalue weighted by atomic mass is 9.75. The van der Waals surface area contributed by atoms with Crippen molar-refractivity contribution in [1.82, 2.24) is 4.90 Å². The number of ether oxygens (including phenoxy) is 9. The quantitative estimate of drug-likeness (QED) is 0.120. The summed E-state index contributed by atoms with van der Waals surface area (Å²) in [6.07, 6.45) is -3.61. The molecule has 10 unspecified atom stereocenters. The summed E-state index contributed by atoms with van der Waals surface area (Å²) in [5, 5.41) is 0. The summed E-state index contributed by atoms with van der Waals surface area (Å²) in [7, 11) is 3.95. The fourth-order valence-electron chi connectivity index (χ4n) is 11.0. The number of cyclic esters (lactones) is 1. The second kappa shape index (κ2) is 22.8. The van der Waals surface area contributed by atoms with E-state index in [4.69, 9.17) is 42.6 Å². The van der Waals surface area contributed by atoms with Crippen LogP contribution in [0.25, 0.3) is 0 Å². The highest BCUT2D eigenvalue weighted by molar-refractivity contribution is 5.90. The standard InChI is InChI=1S/C54H79NO12/c1-15-38-27-30(3)44-34(7)47(67-54(11,12)66-44)33(6)42(16-2)61-50(56)36(9)46(62-43-28-31(4)45(37(10)60-43)63-51(57)39-23-19-17-20-24-39)35(8)48(38)65-53-49(41(55(13)14)29-32(5)59-53)64-52(58)40-25-21-18-22-26-40/h17-26,30-32,34-38,41-49,53H,6,15-16,27-29H2,1-5,7-14H3/t30-,31?,32?,34+,35?,36?,37?,38?,41?,42?,43+,44+,45-,46?,47+,48-,49-,53?/m1/s1. The normalized spacial score (nSPS) is 38.6. The van der Waals surface area contributed by atoms with Crippen molar-refractivity contribution >= 4 is 17.9 Å².